The van der Waals surface area contributed by atoms with Gasteiger partial charge in [-0.25, -0.2) is 0 Å². The molecule has 1 aromatic rings. The van der Waals surface area contributed by atoms with E-state index in [4.69, 9.17) is 4.42 Å². The van der Waals surface area contributed by atoms with E-state index in [0.717, 1.165) is 12.5 Å². The van der Waals surface area contributed by atoms with Gasteiger partial charge in [0.15, 0.2) is 0 Å². The van der Waals surface area contributed by atoms with E-state index in [0.29, 0.717) is 24.5 Å². The molecule has 0 saturated heterocycles. The molecule has 0 aromatic carbocycles. The monoisotopic (exact) mass is 238 g/mol. The summed E-state index contributed by atoms with van der Waals surface area (Å²) in [7, 11) is 0. The summed E-state index contributed by atoms with van der Waals surface area (Å²) in [6, 6.07) is 0.971. The fraction of sp³-hybridized carbons (Fsp3) is 0.833. The summed E-state index contributed by atoms with van der Waals surface area (Å²) < 4.78 is 5.46. The number of aromatic nitrogens is 2. The molecule has 5 nitrogen and oxygen atoms in total. The average molecular weight is 238 g/mol. The molecule has 1 aromatic heterocycles. The molecule has 1 heterocycles. The van der Waals surface area contributed by atoms with E-state index in [-0.39, 0.29) is 0 Å². The molecule has 96 valence electrons. The molecule has 17 heavy (non-hydrogen) atoms. The van der Waals surface area contributed by atoms with Crippen LogP contribution in [0.4, 0.5) is 6.01 Å². The highest BCUT2D eigenvalue weighted by Crippen LogP contribution is 2.33. The number of nitrogens with one attached hydrogen (secondary N) is 2. The van der Waals surface area contributed by atoms with Crippen LogP contribution in [0.1, 0.15) is 45.4 Å². The van der Waals surface area contributed by atoms with Gasteiger partial charge in [-0.15, -0.1) is 5.10 Å². The van der Waals surface area contributed by atoms with Gasteiger partial charge in [-0.3, -0.25) is 0 Å². The third kappa shape index (κ3) is 4.73. The molecule has 0 radical (unpaired) electrons. The first kappa shape index (κ1) is 12.4. The van der Waals surface area contributed by atoms with Crippen LogP contribution in [0.15, 0.2) is 4.42 Å². The van der Waals surface area contributed by atoms with Crippen molar-refractivity contribution in [3.63, 3.8) is 0 Å². The Morgan fingerprint density at radius 3 is 2.88 bits per heavy atom. The molecule has 0 atom stereocenters. The summed E-state index contributed by atoms with van der Waals surface area (Å²) in [5.74, 6) is 1.63. The summed E-state index contributed by atoms with van der Waals surface area (Å²) in [5, 5.41) is 14.3. The number of rotatable bonds is 8. The van der Waals surface area contributed by atoms with Gasteiger partial charge >= 0.3 is 6.01 Å². The molecule has 1 aliphatic carbocycles. The van der Waals surface area contributed by atoms with Crippen LogP contribution in [0, 0.1) is 5.92 Å². The van der Waals surface area contributed by atoms with E-state index in [2.05, 4.69) is 34.7 Å². The summed E-state index contributed by atoms with van der Waals surface area (Å²) >= 11 is 0. The van der Waals surface area contributed by atoms with Crippen molar-refractivity contribution in [1.29, 1.82) is 0 Å². The Morgan fingerprint density at radius 2 is 2.18 bits per heavy atom. The highest BCUT2D eigenvalue weighted by Gasteiger charge is 2.20. The normalized spacial score (nSPS) is 15.5. The van der Waals surface area contributed by atoms with Crippen molar-refractivity contribution >= 4 is 6.01 Å². The molecule has 2 N–H and O–H groups in total. The Kier molecular flexibility index (Phi) is 4.36. The summed E-state index contributed by atoms with van der Waals surface area (Å²) in [5.41, 5.74) is 0. The minimum absolute atomic E-state index is 0.428. The van der Waals surface area contributed by atoms with Crippen molar-refractivity contribution in [2.75, 3.05) is 11.9 Å². The van der Waals surface area contributed by atoms with Crippen molar-refractivity contribution < 1.29 is 4.42 Å². The molecular formula is C12H22N4O. The maximum atomic E-state index is 5.46. The molecule has 0 bridgehead atoms. The topological polar surface area (TPSA) is 63.0 Å². The average Bonchev–Trinajstić information content (AvgIpc) is 3.01. The van der Waals surface area contributed by atoms with Crippen molar-refractivity contribution in [3.8, 4) is 0 Å². The first-order chi connectivity index (χ1) is 8.24. The lowest BCUT2D eigenvalue weighted by Gasteiger charge is -2.03. The summed E-state index contributed by atoms with van der Waals surface area (Å²) in [4.78, 5) is 0. The number of nitrogens with zero attached hydrogens (tertiary/aromatic N) is 2. The number of hydrogen-bond acceptors (Lipinski definition) is 5. The smallest absolute Gasteiger partial charge is 0.315 e. The molecule has 2 rings (SSSR count). The first-order valence-electron chi connectivity index (χ1n) is 6.53. The second kappa shape index (κ2) is 6.00. The molecule has 0 spiro atoms. The van der Waals surface area contributed by atoms with Crippen molar-refractivity contribution in [1.82, 2.24) is 15.5 Å². The van der Waals surface area contributed by atoms with E-state index in [1.54, 1.807) is 0 Å². The first-order valence-corrected chi connectivity index (χ1v) is 6.53. The van der Waals surface area contributed by atoms with Gasteiger partial charge in [0.2, 0.25) is 5.89 Å². The minimum atomic E-state index is 0.428. The molecular weight excluding hydrogens is 216 g/mol. The van der Waals surface area contributed by atoms with Crippen LogP contribution in [0.5, 0.6) is 0 Å². The SMILES string of the molecule is CC(C)NCc1nnc(NCCCC2CC2)o1. The number of hydrogen-bond donors (Lipinski definition) is 2. The highest BCUT2D eigenvalue weighted by atomic mass is 16.4. The van der Waals surface area contributed by atoms with E-state index >= 15 is 0 Å². The maximum Gasteiger partial charge on any atom is 0.315 e. The zero-order valence-electron chi connectivity index (χ0n) is 10.7. The summed E-state index contributed by atoms with van der Waals surface area (Å²) in [6.07, 6.45) is 5.35. The third-order valence-corrected chi connectivity index (χ3v) is 2.89. The fourth-order valence-electron chi connectivity index (χ4n) is 1.68. The van der Waals surface area contributed by atoms with E-state index in [9.17, 15) is 0 Å². The highest BCUT2D eigenvalue weighted by molar-refractivity contribution is 5.16. The van der Waals surface area contributed by atoms with Crippen LogP contribution in [-0.2, 0) is 6.54 Å². The largest absolute Gasteiger partial charge is 0.407 e. The zero-order chi connectivity index (χ0) is 12.1. The maximum absolute atomic E-state index is 5.46. The Morgan fingerprint density at radius 1 is 1.35 bits per heavy atom. The predicted octanol–water partition coefficient (Wildman–Crippen LogP) is 2.17. The van der Waals surface area contributed by atoms with Crippen LogP contribution in [0.2, 0.25) is 0 Å². The van der Waals surface area contributed by atoms with Crippen LogP contribution in [-0.4, -0.2) is 22.8 Å². The minimum Gasteiger partial charge on any atom is -0.407 e. The zero-order valence-corrected chi connectivity index (χ0v) is 10.7. The lowest BCUT2D eigenvalue weighted by Crippen LogP contribution is -2.21. The third-order valence-electron chi connectivity index (χ3n) is 2.89. The number of anilines is 1. The molecule has 0 aliphatic heterocycles. The summed E-state index contributed by atoms with van der Waals surface area (Å²) in [6.45, 7) is 5.74. The van der Waals surface area contributed by atoms with Gasteiger partial charge in [0, 0.05) is 12.6 Å². The van der Waals surface area contributed by atoms with Crippen LogP contribution in [0.3, 0.4) is 0 Å². The van der Waals surface area contributed by atoms with Crippen molar-refractivity contribution in [2.45, 2.75) is 52.1 Å². The van der Waals surface area contributed by atoms with Gasteiger partial charge in [-0.05, 0) is 18.8 Å². The molecule has 1 saturated carbocycles. The lowest BCUT2D eigenvalue weighted by molar-refractivity contribution is 0.458. The molecule has 0 unspecified atom stereocenters. The Hall–Kier alpha value is -1.10. The van der Waals surface area contributed by atoms with Gasteiger partial charge in [0.05, 0.1) is 6.54 Å². The van der Waals surface area contributed by atoms with Gasteiger partial charge < -0.3 is 15.1 Å². The second-order valence-corrected chi connectivity index (χ2v) is 5.05. The van der Waals surface area contributed by atoms with Gasteiger partial charge in [-0.2, -0.15) is 0 Å². The second-order valence-electron chi connectivity index (χ2n) is 5.05. The van der Waals surface area contributed by atoms with E-state index < -0.39 is 0 Å². The van der Waals surface area contributed by atoms with Crippen LogP contribution >= 0.6 is 0 Å². The Bertz CT molecular complexity index is 333. The van der Waals surface area contributed by atoms with Gasteiger partial charge in [0.1, 0.15) is 0 Å². The lowest BCUT2D eigenvalue weighted by atomic mass is 10.2. The molecule has 1 fully saturated rings. The van der Waals surface area contributed by atoms with Crippen molar-refractivity contribution in [2.24, 2.45) is 5.92 Å². The standard InChI is InChI=1S/C12H22N4O/c1-9(2)14-8-11-15-16-12(17-11)13-7-3-4-10-5-6-10/h9-10,14H,3-8H2,1-2H3,(H,13,16). The molecule has 1 aliphatic rings. The van der Waals surface area contributed by atoms with Gasteiger partial charge in [-0.1, -0.05) is 31.8 Å². The van der Waals surface area contributed by atoms with Crippen LogP contribution < -0.4 is 10.6 Å². The van der Waals surface area contributed by atoms with Crippen LogP contribution in [0.25, 0.3) is 0 Å². The van der Waals surface area contributed by atoms with Gasteiger partial charge in [0.25, 0.3) is 0 Å². The van der Waals surface area contributed by atoms with Crippen molar-refractivity contribution in [3.05, 3.63) is 5.89 Å². The fourth-order valence-corrected chi connectivity index (χ4v) is 1.68. The quantitative estimate of drug-likeness (QED) is 0.680. The predicted molar refractivity (Wildman–Crippen MR) is 66.7 cm³/mol. The van der Waals surface area contributed by atoms with E-state index in [1.807, 2.05) is 0 Å². The van der Waals surface area contributed by atoms with E-state index in [1.165, 1.54) is 25.7 Å². The molecule has 0 amide bonds. The Labute approximate surface area is 102 Å². The Balaban J connectivity index is 1.62. The molecule has 5 heteroatoms.